The number of nitrogens with one attached hydrogen (secondary N) is 1. The van der Waals surface area contributed by atoms with Crippen LogP contribution in [0.2, 0.25) is 0 Å². The zero-order valence-corrected chi connectivity index (χ0v) is 21.9. The van der Waals surface area contributed by atoms with Gasteiger partial charge in [0.25, 0.3) is 0 Å². The maximum Gasteiger partial charge on any atom is 0.246 e. The number of fused-ring (bicyclic) bond motifs is 1. The average Bonchev–Trinajstić information content (AvgIpc) is 3.11. The van der Waals surface area contributed by atoms with Crippen LogP contribution in [0.1, 0.15) is 67.0 Å². The summed E-state index contributed by atoms with van der Waals surface area (Å²) in [4.78, 5) is 2.61. The summed E-state index contributed by atoms with van der Waals surface area (Å²) in [6.07, 6.45) is 8.23. The van der Waals surface area contributed by atoms with Crippen molar-refractivity contribution in [3.63, 3.8) is 0 Å². The monoisotopic (exact) mass is 544 g/mol. The number of hydrazine groups is 1. The summed E-state index contributed by atoms with van der Waals surface area (Å²) in [5.41, 5.74) is 3.10. The van der Waals surface area contributed by atoms with Gasteiger partial charge in [0, 0.05) is 36.0 Å². The van der Waals surface area contributed by atoms with Crippen molar-refractivity contribution in [3.8, 4) is 5.69 Å². The number of hydrogen-bond donors (Lipinski definition) is 1. The van der Waals surface area contributed by atoms with Gasteiger partial charge in [-0.3, -0.25) is 0 Å². The van der Waals surface area contributed by atoms with E-state index in [0.717, 1.165) is 66.8 Å². The Hall–Kier alpha value is -2.95. The highest BCUT2D eigenvalue weighted by atomic mass is 32.2. The van der Waals surface area contributed by atoms with Crippen LogP contribution < -0.4 is 4.83 Å². The van der Waals surface area contributed by atoms with Gasteiger partial charge >= 0.3 is 0 Å². The van der Waals surface area contributed by atoms with Crippen molar-refractivity contribution in [1.29, 1.82) is 0 Å². The molecule has 3 aromatic rings. The zero-order valence-electron chi connectivity index (χ0n) is 21.0. The third kappa shape index (κ3) is 6.19. The summed E-state index contributed by atoms with van der Waals surface area (Å²) in [5, 5.41) is 7.46. The van der Waals surface area contributed by atoms with Gasteiger partial charge in [-0.1, -0.05) is 25.0 Å². The molecular weight excluding hydrogens is 513 g/mol. The second-order valence-corrected chi connectivity index (χ2v) is 11.6. The van der Waals surface area contributed by atoms with Crippen LogP contribution >= 0.6 is 0 Å². The molecule has 1 fully saturated rings. The molecule has 0 amide bonds. The van der Waals surface area contributed by atoms with Crippen molar-refractivity contribution < 1.29 is 21.6 Å². The molecule has 0 radical (unpaired) electrons. The molecule has 2 aliphatic rings. The van der Waals surface area contributed by atoms with Crippen LogP contribution in [-0.4, -0.2) is 36.3 Å². The molecular formula is C28H31F3N4O2S. The van der Waals surface area contributed by atoms with Crippen molar-refractivity contribution in [2.24, 2.45) is 0 Å². The highest BCUT2D eigenvalue weighted by Crippen LogP contribution is 2.37. The molecule has 2 aromatic carbocycles. The van der Waals surface area contributed by atoms with Gasteiger partial charge in [0.15, 0.2) is 5.82 Å². The van der Waals surface area contributed by atoms with Gasteiger partial charge in [-0.05, 0) is 74.4 Å². The predicted molar refractivity (Wildman–Crippen MR) is 140 cm³/mol. The van der Waals surface area contributed by atoms with Crippen molar-refractivity contribution in [2.45, 2.75) is 57.3 Å². The molecule has 1 N–H and O–H groups in total. The van der Waals surface area contributed by atoms with Crippen LogP contribution in [0.25, 0.3) is 11.8 Å². The summed E-state index contributed by atoms with van der Waals surface area (Å²) >= 11 is 0. The summed E-state index contributed by atoms with van der Waals surface area (Å²) < 4.78 is 69.3. The van der Waals surface area contributed by atoms with Gasteiger partial charge < -0.3 is 0 Å². The molecule has 1 atom stereocenters. The minimum atomic E-state index is -3.76. The zero-order chi connectivity index (χ0) is 26.7. The van der Waals surface area contributed by atoms with Crippen LogP contribution in [0.15, 0.2) is 47.9 Å². The van der Waals surface area contributed by atoms with Crippen molar-refractivity contribution >= 4 is 16.1 Å². The summed E-state index contributed by atoms with van der Waals surface area (Å²) in [6, 6.07) is 9.65. The second kappa shape index (κ2) is 11.4. The Morgan fingerprint density at radius 3 is 2.42 bits per heavy atom. The Morgan fingerprint density at radius 2 is 1.68 bits per heavy atom. The maximum atomic E-state index is 15.0. The molecule has 2 heterocycles. The van der Waals surface area contributed by atoms with E-state index >= 15 is 0 Å². The number of halogens is 3. The minimum absolute atomic E-state index is 0.0693. The van der Waals surface area contributed by atoms with Gasteiger partial charge in [0.1, 0.15) is 17.3 Å². The lowest BCUT2D eigenvalue weighted by Crippen LogP contribution is -2.44. The predicted octanol–water partition coefficient (Wildman–Crippen LogP) is 5.63. The molecule has 1 unspecified atom stereocenters. The largest absolute Gasteiger partial charge is 0.246 e. The normalized spacial score (nSPS) is 19.0. The molecule has 10 heteroatoms. The van der Waals surface area contributed by atoms with Crippen LogP contribution in [-0.2, 0) is 22.9 Å². The molecule has 5 rings (SSSR count). The summed E-state index contributed by atoms with van der Waals surface area (Å²) in [5.74, 6) is -1.84. The lowest BCUT2D eigenvalue weighted by atomic mass is 9.91. The second-order valence-electron chi connectivity index (χ2n) is 10.0. The number of sulfonamides is 1. The first-order valence-electron chi connectivity index (χ1n) is 13.1. The van der Waals surface area contributed by atoms with E-state index in [-0.39, 0.29) is 17.4 Å². The Kier molecular flexibility index (Phi) is 8.01. The molecule has 0 spiro atoms. The minimum Gasteiger partial charge on any atom is -0.234 e. The lowest BCUT2D eigenvalue weighted by Gasteiger charge is -2.25. The molecule has 202 valence electrons. The van der Waals surface area contributed by atoms with Crippen LogP contribution in [0.5, 0.6) is 0 Å². The number of nitrogens with zero attached hydrogens (tertiary/aromatic N) is 3. The summed E-state index contributed by atoms with van der Waals surface area (Å²) in [6.45, 7) is 1.32. The third-order valence-corrected chi connectivity index (χ3v) is 8.23. The van der Waals surface area contributed by atoms with Gasteiger partial charge in [0.2, 0.25) is 10.0 Å². The van der Waals surface area contributed by atoms with Gasteiger partial charge in [0.05, 0.1) is 11.4 Å². The number of rotatable bonds is 7. The maximum absolute atomic E-state index is 15.0. The van der Waals surface area contributed by atoms with Gasteiger partial charge in [-0.2, -0.15) is 5.10 Å². The lowest BCUT2D eigenvalue weighted by molar-refractivity contribution is 0.201. The van der Waals surface area contributed by atoms with E-state index in [4.69, 9.17) is 0 Å². The SMILES string of the molecule is O=S(=O)(/C=C/c1nn(-c2ccc(F)cc2F)c2c1CCCCC2Cc1ccc(F)cc1)NN1CCCCC1. The molecule has 1 saturated heterocycles. The standard InChI is InChI=1S/C28H31F3N4O2S/c29-22-10-8-20(9-11-22)18-21-6-2-3-7-24-26(14-17-38(36,37)33-34-15-4-1-5-16-34)32-35(28(21)24)27-13-12-23(30)19-25(27)31/h8-14,17,19,21,33H,1-7,15-16,18H2/b17-14+. The number of hydrogen-bond acceptors (Lipinski definition) is 4. The number of aromatic nitrogens is 2. The topological polar surface area (TPSA) is 67.2 Å². The fraction of sp³-hybridized carbons (Fsp3) is 0.393. The van der Waals surface area contributed by atoms with E-state index < -0.39 is 21.7 Å². The molecule has 6 nitrogen and oxygen atoms in total. The molecule has 1 aliphatic heterocycles. The van der Waals surface area contributed by atoms with Crippen molar-refractivity contribution in [1.82, 2.24) is 19.6 Å². The van der Waals surface area contributed by atoms with Crippen molar-refractivity contribution in [3.05, 3.63) is 87.8 Å². The number of piperidine rings is 1. The molecule has 0 bridgehead atoms. The quantitative estimate of drug-likeness (QED) is 0.392. The van der Waals surface area contributed by atoms with E-state index in [2.05, 4.69) is 9.93 Å². The van der Waals surface area contributed by atoms with Crippen LogP contribution in [0, 0.1) is 17.5 Å². The van der Waals surface area contributed by atoms with E-state index in [9.17, 15) is 21.6 Å². The fourth-order valence-corrected chi connectivity index (χ4v) is 6.32. The first kappa shape index (κ1) is 26.6. The highest BCUT2D eigenvalue weighted by Gasteiger charge is 2.29. The Morgan fingerprint density at radius 1 is 0.947 bits per heavy atom. The number of benzene rings is 2. The van der Waals surface area contributed by atoms with Gasteiger partial charge in [-0.15, -0.1) is 4.83 Å². The van der Waals surface area contributed by atoms with E-state index in [0.29, 0.717) is 31.6 Å². The van der Waals surface area contributed by atoms with Crippen LogP contribution in [0.4, 0.5) is 13.2 Å². The third-order valence-electron chi connectivity index (χ3n) is 7.22. The van der Waals surface area contributed by atoms with E-state index in [1.165, 1.54) is 35.0 Å². The molecule has 1 aliphatic carbocycles. The highest BCUT2D eigenvalue weighted by molar-refractivity contribution is 7.92. The van der Waals surface area contributed by atoms with E-state index in [1.54, 1.807) is 17.1 Å². The van der Waals surface area contributed by atoms with E-state index in [1.807, 2.05) is 0 Å². The molecule has 1 aromatic heterocycles. The van der Waals surface area contributed by atoms with Crippen molar-refractivity contribution in [2.75, 3.05) is 13.1 Å². The first-order chi connectivity index (χ1) is 18.3. The van der Waals surface area contributed by atoms with Crippen LogP contribution in [0.3, 0.4) is 0 Å². The Balaban J connectivity index is 1.55. The smallest absolute Gasteiger partial charge is 0.234 e. The Bertz CT molecular complexity index is 1410. The molecule has 38 heavy (non-hydrogen) atoms. The first-order valence-corrected chi connectivity index (χ1v) is 14.6. The Labute approximate surface area is 221 Å². The molecule has 0 saturated carbocycles. The fourth-order valence-electron chi connectivity index (χ4n) is 5.41. The summed E-state index contributed by atoms with van der Waals surface area (Å²) in [7, 11) is -3.76. The van der Waals surface area contributed by atoms with Gasteiger partial charge in [-0.25, -0.2) is 31.3 Å². The average molecular weight is 545 g/mol.